The summed E-state index contributed by atoms with van der Waals surface area (Å²) in [5.41, 5.74) is 0.716. The van der Waals surface area contributed by atoms with Crippen molar-refractivity contribution in [3.8, 4) is 11.4 Å². The van der Waals surface area contributed by atoms with E-state index in [9.17, 15) is 18.0 Å². The summed E-state index contributed by atoms with van der Waals surface area (Å²) in [4.78, 5) is 27.4. The molecule has 34 heavy (non-hydrogen) atoms. The summed E-state index contributed by atoms with van der Waals surface area (Å²) in [6.45, 7) is 1.67. The average molecular weight is 470 g/mol. The van der Waals surface area contributed by atoms with Crippen molar-refractivity contribution in [1.82, 2.24) is 25.3 Å². The van der Waals surface area contributed by atoms with Gasteiger partial charge < -0.3 is 20.0 Å². The fourth-order valence-corrected chi connectivity index (χ4v) is 4.36. The Morgan fingerprint density at radius 1 is 1.15 bits per heavy atom. The summed E-state index contributed by atoms with van der Waals surface area (Å²) >= 11 is 0. The number of carbonyl (C=O) groups is 1. The lowest BCUT2D eigenvalue weighted by atomic mass is 9.91. The zero-order chi connectivity index (χ0) is 23.8. The monoisotopic (exact) mass is 470 g/mol. The molecule has 0 radical (unpaired) electrons. The summed E-state index contributed by atoms with van der Waals surface area (Å²) in [6.07, 6.45) is 6.63. The number of hydrogen-bond donors (Lipinski definition) is 3. The molecule has 0 unspecified atom stereocenters. The summed E-state index contributed by atoms with van der Waals surface area (Å²) in [6, 6.07) is 1.68. The third kappa shape index (κ3) is 4.20. The number of aromatic amines is 1. The first-order chi connectivity index (χ1) is 16.4. The number of benzene rings is 1. The van der Waals surface area contributed by atoms with E-state index < -0.39 is 17.5 Å². The SMILES string of the molecule is Cc1ocnc1C(=O)N[C@@H]1CCC[C@H](Nc2nc(-c3c[nH]c4c(F)cc(F)cc34)ncc2F)C1. The minimum atomic E-state index is -0.738. The summed E-state index contributed by atoms with van der Waals surface area (Å²) in [7, 11) is 0. The van der Waals surface area contributed by atoms with Crippen LogP contribution >= 0.6 is 0 Å². The molecular weight excluding hydrogens is 449 g/mol. The smallest absolute Gasteiger partial charge is 0.273 e. The average Bonchev–Trinajstić information content (AvgIpc) is 3.42. The normalized spacial score (nSPS) is 18.2. The number of nitrogens with one attached hydrogen (secondary N) is 3. The Balaban J connectivity index is 1.33. The van der Waals surface area contributed by atoms with Crippen molar-refractivity contribution >= 4 is 22.6 Å². The van der Waals surface area contributed by atoms with Crippen LogP contribution in [0.15, 0.2) is 35.3 Å². The Morgan fingerprint density at radius 2 is 1.97 bits per heavy atom. The highest BCUT2D eigenvalue weighted by Gasteiger charge is 2.26. The maximum Gasteiger partial charge on any atom is 0.273 e. The number of amides is 1. The Kier molecular flexibility index (Phi) is 5.68. The number of hydrogen-bond acceptors (Lipinski definition) is 6. The summed E-state index contributed by atoms with van der Waals surface area (Å²) in [5, 5.41) is 6.32. The molecule has 0 aliphatic heterocycles. The predicted molar refractivity (Wildman–Crippen MR) is 118 cm³/mol. The zero-order valence-corrected chi connectivity index (χ0v) is 18.2. The molecule has 3 heterocycles. The standard InChI is InChI=1S/C23H21F3N6O2/c1-11-19(29-10-34-11)23(33)31-14-4-2-3-13(7-14)30-22-18(26)9-28-21(32-22)16-8-27-20-15(16)5-12(24)6-17(20)25/h5-6,8-10,13-14,27H,2-4,7H2,1H3,(H,31,33)(H,28,30,32)/t13-,14+/m0/s1. The molecule has 1 aromatic carbocycles. The molecule has 1 aliphatic carbocycles. The van der Waals surface area contributed by atoms with E-state index in [1.165, 1.54) is 18.7 Å². The number of oxazole rings is 1. The molecule has 176 valence electrons. The van der Waals surface area contributed by atoms with Gasteiger partial charge in [-0.05, 0) is 38.7 Å². The Morgan fingerprint density at radius 3 is 2.76 bits per heavy atom. The lowest BCUT2D eigenvalue weighted by Crippen LogP contribution is -2.42. The molecule has 4 aromatic rings. The van der Waals surface area contributed by atoms with Crippen LogP contribution in [0.25, 0.3) is 22.3 Å². The van der Waals surface area contributed by atoms with Crippen molar-refractivity contribution in [2.45, 2.75) is 44.7 Å². The molecule has 1 saturated carbocycles. The molecule has 1 aliphatic rings. The molecular formula is C23H21F3N6O2. The van der Waals surface area contributed by atoms with Gasteiger partial charge in [-0.3, -0.25) is 4.79 Å². The van der Waals surface area contributed by atoms with Crippen LogP contribution in [-0.2, 0) is 0 Å². The predicted octanol–water partition coefficient (Wildman–Crippen LogP) is 4.49. The van der Waals surface area contributed by atoms with Crippen molar-refractivity contribution in [3.05, 3.63) is 59.8 Å². The number of H-pyrrole nitrogens is 1. The Hall–Kier alpha value is -3.89. The minimum Gasteiger partial charge on any atom is -0.448 e. The molecule has 3 N–H and O–H groups in total. The molecule has 0 saturated heterocycles. The van der Waals surface area contributed by atoms with Crippen LogP contribution in [0.1, 0.15) is 41.9 Å². The van der Waals surface area contributed by atoms with Gasteiger partial charge in [0.25, 0.3) is 5.91 Å². The maximum absolute atomic E-state index is 14.5. The third-order valence-electron chi connectivity index (χ3n) is 6.00. The van der Waals surface area contributed by atoms with Gasteiger partial charge >= 0.3 is 0 Å². The highest BCUT2D eigenvalue weighted by atomic mass is 19.1. The van der Waals surface area contributed by atoms with Crippen LogP contribution in [0.5, 0.6) is 0 Å². The number of aromatic nitrogens is 4. The zero-order valence-electron chi connectivity index (χ0n) is 18.2. The van der Waals surface area contributed by atoms with Gasteiger partial charge in [0.1, 0.15) is 17.4 Å². The van der Waals surface area contributed by atoms with Gasteiger partial charge in [-0.2, -0.15) is 0 Å². The van der Waals surface area contributed by atoms with Crippen molar-refractivity contribution in [1.29, 1.82) is 0 Å². The molecule has 3 aromatic heterocycles. The highest BCUT2D eigenvalue weighted by Crippen LogP contribution is 2.30. The number of carbonyl (C=O) groups excluding carboxylic acids is 1. The van der Waals surface area contributed by atoms with E-state index in [4.69, 9.17) is 4.42 Å². The van der Waals surface area contributed by atoms with Crippen LogP contribution in [0, 0.1) is 24.4 Å². The number of halogens is 3. The quantitative estimate of drug-likeness (QED) is 0.397. The number of nitrogens with zero attached hydrogens (tertiary/aromatic N) is 3. The molecule has 8 nitrogen and oxygen atoms in total. The van der Waals surface area contributed by atoms with Crippen molar-refractivity contribution in [2.24, 2.45) is 0 Å². The van der Waals surface area contributed by atoms with E-state index in [1.54, 1.807) is 6.92 Å². The fraction of sp³-hybridized carbons (Fsp3) is 0.304. The summed E-state index contributed by atoms with van der Waals surface area (Å²) in [5.74, 6) is -1.88. The first kappa shape index (κ1) is 21.9. The van der Waals surface area contributed by atoms with Crippen molar-refractivity contribution < 1.29 is 22.4 Å². The van der Waals surface area contributed by atoms with E-state index in [1.807, 2.05) is 0 Å². The Labute approximate surface area is 192 Å². The van der Waals surface area contributed by atoms with E-state index in [0.29, 0.717) is 17.7 Å². The van der Waals surface area contributed by atoms with Gasteiger partial charge in [-0.25, -0.2) is 28.1 Å². The minimum absolute atomic E-state index is 0.0134. The van der Waals surface area contributed by atoms with Gasteiger partial charge in [0, 0.05) is 35.3 Å². The van der Waals surface area contributed by atoms with E-state index in [0.717, 1.165) is 31.5 Å². The third-order valence-corrected chi connectivity index (χ3v) is 6.00. The van der Waals surface area contributed by atoms with Crippen LogP contribution in [0.3, 0.4) is 0 Å². The summed E-state index contributed by atoms with van der Waals surface area (Å²) < 4.78 is 47.4. The number of fused-ring (bicyclic) bond motifs is 1. The second-order valence-electron chi connectivity index (χ2n) is 8.34. The van der Waals surface area contributed by atoms with Crippen molar-refractivity contribution in [2.75, 3.05) is 5.32 Å². The molecule has 0 bridgehead atoms. The Bertz CT molecular complexity index is 1370. The first-order valence-corrected chi connectivity index (χ1v) is 10.9. The number of aryl methyl sites for hydroxylation is 1. The first-order valence-electron chi connectivity index (χ1n) is 10.9. The van der Waals surface area contributed by atoms with E-state index in [2.05, 4.69) is 30.6 Å². The van der Waals surface area contributed by atoms with Crippen LogP contribution < -0.4 is 10.6 Å². The largest absolute Gasteiger partial charge is 0.448 e. The topological polar surface area (TPSA) is 109 Å². The molecule has 0 spiro atoms. The molecule has 2 atom stereocenters. The van der Waals surface area contributed by atoms with E-state index >= 15 is 0 Å². The number of anilines is 1. The van der Waals surface area contributed by atoms with Crippen LogP contribution in [-0.4, -0.2) is 37.9 Å². The molecule has 1 amide bonds. The lowest BCUT2D eigenvalue weighted by Gasteiger charge is -2.30. The number of rotatable bonds is 5. The van der Waals surface area contributed by atoms with Crippen molar-refractivity contribution in [3.63, 3.8) is 0 Å². The second-order valence-corrected chi connectivity index (χ2v) is 8.34. The molecule has 1 fully saturated rings. The molecule has 5 rings (SSSR count). The van der Waals surface area contributed by atoms with Gasteiger partial charge in [-0.15, -0.1) is 0 Å². The molecule has 11 heteroatoms. The van der Waals surface area contributed by atoms with Gasteiger partial charge in [0.2, 0.25) is 0 Å². The fourth-order valence-electron chi connectivity index (χ4n) is 4.36. The lowest BCUT2D eigenvalue weighted by molar-refractivity contribution is 0.0920. The van der Waals surface area contributed by atoms with Crippen LogP contribution in [0.2, 0.25) is 0 Å². The van der Waals surface area contributed by atoms with Gasteiger partial charge in [-0.1, -0.05) is 0 Å². The van der Waals surface area contributed by atoms with E-state index in [-0.39, 0.29) is 46.2 Å². The maximum atomic E-state index is 14.5. The highest BCUT2D eigenvalue weighted by molar-refractivity contribution is 5.94. The van der Waals surface area contributed by atoms with Gasteiger partial charge in [0.15, 0.2) is 29.5 Å². The van der Waals surface area contributed by atoms with Crippen LogP contribution in [0.4, 0.5) is 19.0 Å². The second kappa shape index (κ2) is 8.81. The van der Waals surface area contributed by atoms with Gasteiger partial charge in [0.05, 0.1) is 11.7 Å².